The highest BCUT2D eigenvalue weighted by Gasteiger charge is 2.14. The van der Waals surface area contributed by atoms with Crippen LogP contribution in [0.2, 0.25) is 0 Å². The quantitative estimate of drug-likeness (QED) is 0.218. The lowest BCUT2D eigenvalue weighted by Crippen LogP contribution is -3.00. The van der Waals surface area contributed by atoms with E-state index in [4.69, 9.17) is 4.74 Å². The van der Waals surface area contributed by atoms with Crippen LogP contribution in [0.25, 0.3) is 0 Å². The lowest BCUT2D eigenvalue weighted by molar-refractivity contribution is -0.890. The van der Waals surface area contributed by atoms with Crippen LogP contribution in [-0.2, 0) is 9.53 Å². The van der Waals surface area contributed by atoms with Crippen LogP contribution in [0.1, 0.15) is 58.3 Å². The largest absolute Gasteiger partial charge is 1.00 e. The summed E-state index contributed by atoms with van der Waals surface area (Å²) < 4.78 is 5.95. The van der Waals surface area contributed by atoms with E-state index in [0.717, 1.165) is 17.6 Å². The minimum absolute atomic E-state index is 0. The minimum atomic E-state index is -0.322. The number of unbranched alkanes of at least 4 members (excludes halogenated alkanes) is 7. The van der Waals surface area contributed by atoms with Crippen LogP contribution >= 0.6 is 0 Å². The standard InChI is InChI=1S/C17H34NO2.ClH/c1-5-7-8-9-10-11-12-13-14-18(3,4)15-16-20-17(19)6-2;/h6H,2,5,7-16H2,1,3-4H3;1H/q+1;/p-1. The smallest absolute Gasteiger partial charge is 0.330 e. The normalized spacial score (nSPS) is 10.8. The second-order valence-corrected chi connectivity index (χ2v) is 6.23. The van der Waals surface area contributed by atoms with Crippen molar-refractivity contribution < 1.29 is 26.4 Å². The molecule has 0 unspecified atom stereocenters. The molecule has 4 heteroatoms. The Balaban J connectivity index is 0. The Kier molecular flexibility index (Phi) is 15.6. The fourth-order valence-corrected chi connectivity index (χ4v) is 2.24. The first-order valence-electron chi connectivity index (χ1n) is 8.13. The van der Waals surface area contributed by atoms with Crippen molar-refractivity contribution in [2.45, 2.75) is 58.3 Å². The van der Waals surface area contributed by atoms with Gasteiger partial charge >= 0.3 is 5.97 Å². The van der Waals surface area contributed by atoms with Crippen LogP contribution < -0.4 is 12.4 Å². The summed E-state index contributed by atoms with van der Waals surface area (Å²) in [5.41, 5.74) is 0. The molecule has 0 atom stereocenters. The second kappa shape index (κ2) is 14.4. The second-order valence-electron chi connectivity index (χ2n) is 6.23. The number of carbonyl (C=O) groups excluding carboxylic acids is 1. The molecule has 126 valence electrons. The first-order valence-corrected chi connectivity index (χ1v) is 8.13. The summed E-state index contributed by atoms with van der Waals surface area (Å²) in [5, 5.41) is 0. The van der Waals surface area contributed by atoms with Crippen molar-refractivity contribution in [2.24, 2.45) is 0 Å². The van der Waals surface area contributed by atoms with Crippen molar-refractivity contribution in [3.63, 3.8) is 0 Å². The SMILES string of the molecule is C=CC(=O)OCC[N+](C)(C)CCCCCCCCCC.[Cl-]. The maximum absolute atomic E-state index is 11.0. The van der Waals surface area contributed by atoms with E-state index < -0.39 is 0 Å². The zero-order valence-electron chi connectivity index (χ0n) is 14.2. The first-order chi connectivity index (χ1) is 9.52. The maximum Gasteiger partial charge on any atom is 0.330 e. The number of rotatable bonds is 13. The highest BCUT2D eigenvalue weighted by Crippen LogP contribution is 2.10. The molecule has 0 amide bonds. The van der Waals surface area contributed by atoms with Crippen molar-refractivity contribution in [3.05, 3.63) is 12.7 Å². The average molecular weight is 320 g/mol. The van der Waals surface area contributed by atoms with Gasteiger partial charge in [-0.1, -0.05) is 52.0 Å². The molecule has 0 radical (unpaired) electrons. The van der Waals surface area contributed by atoms with E-state index >= 15 is 0 Å². The van der Waals surface area contributed by atoms with Crippen LogP contribution in [0.3, 0.4) is 0 Å². The molecule has 3 nitrogen and oxygen atoms in total. The van der Waals surface area contributed by atoms with Crippen LogP contribution in [0.15, 0.2) is 12.7 Å². The van der Waals surface area contributed by atoms with Gasteiger partial charge in [-0.3, -0.25) is 0 Å². The third kappa shape index (κ3) is 15.7. The molecule has 0 fully saturated rings. The van der Waals surface area contributed by atoms with E-state index in [0.29, 0.717) is 6.61 Å². The Labute approximate surface area is 137 Å². The predicted octanol–water partition coefficient (Wildman–Crippen LogP) is 0.937. The van der Waals surface area contributed by atoms with E-state index in [1.54, 1.807) is 0 Å². The topological polar surface area (TPSA) is 26.3 Å². The number of carbonyl (C=O) groups is 1. The molecule has 21 heavy (non-hydrogen) atoms. The fraction of sp³-hybridized carbons (Fsp3) is 0.824. The Morgan fingerprint density at radius 3 is 2.05 bits per heavy atom. The summed E-state index contributed by atoms with van der Waals surface area (Å²) in [6.07, 6.45) is 12.0. The summed E-state index contributed by atoms with van der Waals surface area (Å²) in [4.78, 5) is 11.0. The van der Waals surface area contributed by atoms with Gasteiger partial charge in [-0.05, 0) is 12.8 Å². The molecule has 0 bridgehead atoms. The molecule has 0 saturated heterocycles. The van der Waals surface area contributed by atoms with Gasteiger partial charge in [0.1, 0.15) is 13.2 Å². The maximum atomic E-state index is 11.0. The number of halogens is 1. The van der Waals surface area contributed by atoms with E-state index in [2.05, 4.69) is 27.6 Å². The number of ether oxygens (including phenoxy) is 1. The van der Waals surface area contributed by atoms with Gasteiger partial charge in [0.05, 0.1) is 20.6 Å². The Hall–Kier alpha value is -0.540. The van der Waals surface area contributed by atoms with Crippen LogP contribution in [-0.4, -0.2) is 44.2 Å². The number of likely N-dealkylation sites (N-methyl/N-ethyl adjacent to an activating group) is 1. The zero-order valence-corrected chi connectivity index (χ0v) is 15.0. The number of hydrogen-bond donors (Lipinski definition) is 0. The Bertz CT molecular complexity index is 268. The van der Waals surface area contributed by atoms with Gasteiger partial charge in [-0.2, -0.15) is 0 Å². The zero-order chi connectivity index (χ0) is 15.3. The van der Waals surface area contributed by atoms with Crippen LogP contribution in [0, 0.1) is 0 Å². The summed E-state index contributed by atoms with van der Waals surface area (Å²) in [5.74, 6) is -0.322. The van der Waals surface area contributed by atoms with E-state index in [-0.39, 0.29) is 18.4 Å². The lowest BCUT2D eigenvalue weighted by atomic mass is 10.1. The molecule has 0 N–H and O–H groups in total. The molecule has 0 aromatic carbocycles. The summed E-state index contributed by atoms with van der Waals surface area (Å²) in [7, 11) is 4.39. The predicted molar refractivity (Wildman–Crippen MR) is 85.6 cm³/mol. The highest BCUT2D eigenvalue weighted by atomic mass is 35.5. The summed E-state index contributed by atoms with van der Waals surface area (Å²) in [6.45, 7) is 8.15. The molecule has 0 aromatic rings. The van der Waals surface area contributed by atoms with Crippen molar-refractivity contribution in [1.29, 1.82) is 0 Å². The summed E-state index contributed by atoms with van der Waals surface area (Å²) >= 11 is 0. The van der Waals surface area contributed by atoms with Crippen LogP contribution in [0.4, 0.5) is 0 Å². The number of esters is 1. The van der Waals surface area contributed by atoms with Crippen molar-refractivity contribution in [3.8, 4) is 0 Å². The van der Waals surface area contributed by atoms with Crippen molar-refractivity contribution in [1.82, 2.24) is 0 Å². The Morgan fingerprint density at radius 2 is 1.52 bits per heavy atom. The van der Waals surface area contributed by atoms with Crippen molar-refractivity contribution >= 4 is 5.97 Å². The molecule has 0 saturated carbocycles. The molecule has 0 spiro atoms. The lowest BCUT2D eigenvalue weighted by Gasteiger charge is -2.29. The molecule has 0 aliphatic rings. The summed E-state index contributed by atoms with van der Waals surface area (Å²) in [6, 6.07) is 0. The van der Waals surface area contributed by atoms with Crippen LogP contribution in [0.5, 0.6) is 0 Å². The van der Waals surface area contributed by atoms with Crippen molar-refractivity contribution in [2.75, 3.05) is 33.8 Å². The highest BCUT2D eigenvalue weighted by molar-refractivity contribution is 5.81. The minimum Gasteiger partial charge on any atom is -1.00 e. The number of quaternary nitrogens is 1. The molecule has 0 rings (SSSR count). The molecule has 0 aromatic heterocycles. The van der Waals surface area contributed by atoms with E-state index in [9.17, 15) is 4.79 Å². The Morgan fingerprint density at radius 1 is 1.00 bits per heavy atom. The first kappa shape index (κ1) is 22.7. The molecule has 0 heterocycles. The van der Waals surface area contributed by atoms with Gasteiger partial charge < -0.3 is 21.6 Å². The van der Waals surface area contributed by atoms with E-state index in [1.165, 1.54) is 57.4 Å². The third-order valence-electron chi connectivity index (χ3n) is 3.72. The number of hydrogen-bond acceptors (Lipinski definition) is 2. The van der Waals surface area contributed by atoms with Gasteiger partial charge in [0.15, 0.2) is 0 Å². The van der Waals surface area contributed by atoms with E-state index in [1.807, 2.05) is 0 Å². The average Bonchev–Trinajstić information content (AvgIpc) is 2.41. The monoisotopic (exact) mass is 319 g/mol. The fourth-order valence-electron chi connectivity index (χ4n) is 2.24. The van der Waals surface area contributed by atoms with Gasteiger partial charge in [-0.15, -0.1) is 0 Å². The van der Waals surface area contributed by atoms with Gasteiger partial charge in [-0.25, -0.2) is 4.79 Å². The molecular weight excluding hydrogens is 286 g/mol. The molecule has 0 aliphatic heterocycles. The third-order valence-corrected chi connectivity index (χ3v) is 3.72. The number of nitrogens with zero attached hydrogens (tertiary/aromatic N) is 1. The molecular formula is C17H34ClNO2. The van der Waals surface area contributed by atoms with Gasteiger partial charge in [0.2, 0.25) is 0 Å². The van der Waals surface area contributed by atoms with Gasteiger partial charge in [0.25, 0.3) is 0 Å². The van der Waals surface area contributed by atoms with Gasteiger partial charge in [0, 0.05) is 6.08 Å². The molecule has 0 aliphatic carbocycles.